The highest BCUT2D eigenvalue weighted by Crippen LogP contribution is 2.47. The first kappa shape index (κ1) is 13.9. The van der Waals surface area contributed by atoms with Crippen LogP contribution in [0.5, 0.6) is 0 Å². The summed E-state index contributed by atoms with van der Waals surface area (Å²) in [7, 11) is 2.25. The number of benzene rings is 1. The minimum Gasteiger partial charge on any atom is -0.358 e. The Bertz CT molecular complexity index is 741. The predicted octanol–water partition coefficient (Wildman–Crippen LogP) is 2.82. The monoisotopic (exact) mass is 310 g/mol. The van der Waals surface area contributed by atoms with E-state index < -0.39 is 0 Å². The van der Waals surface area contributed by atoms with E-state index in [-0.39, 0.29) is 0 Å². The smallest absolute Gasteiger partial charge is 0.110 e. The highest BCUT2D eigenvalue weighted by Gasteiger charge is 2.36. The van der Waals surface area contributed by atoms with E-state index in [1.54, 1.807) is 5.56 Å². The summed E-state index contributed by atoms with van der Waals surface area (Å²) in [5, 5.41) is 1.47. The fourth-order valence-corrected chi connectivity index (χ4v) is 5.22. The van der Waals surface area contributed by atoms with Gasteiger partial charge in [0.25, 0.3) is 0 Å². The van der Waals surface area contributed by atoms with Crippen molar-refractivity contribution in [3.8, 4) is 0 Å². The Morgan fingerprint density at radius 2 is 2.09 bits per heavy atom. The van der Waals surface area contributed by atoms with E-state index in [1.807, 2.05) is 0 Å². The van der Waals surface area contributed by atoms with Crippen LogP contribution in [0, 0.1) is 5.92 Å². The number of nitrogens with one attached hydrogen (secondary N) is 1. The third-order valence-corrected chi connectivity index (χ3v) is 6.43. The molecule has 1 aromatic carbocycles. The average molecular weight is 310 g/mol. The van der Waals surface area contributed by atoms with Crippen molar-refractivity contribution in [2.24, 2.45) is 11.7 Å². The molecule has 0 radical (unpaired) electrons. The number of aromatic amines is 1. The molecule has 1 aromatic heterocycles. The Kier molecular flexibility index (Phi) is 3.01. The zero-order valence-electron chi connectivity index (χ0n) is 13.9. The molecule has 4 nitrogen and oxygen atoms in total. The van der Waals surface area contributed by atoms with Crippen LogP contribution in [0.1, 0.15) is 42.3 Å². The number of hydrogen-bond acceptors (Lipinski definition) is 3. The average Bonchev–Trinajstić information content (AvgIpc) is 3.17. The topological polar surface area (TPSA) is 48.3 Å². The van der Waals surface area contributed by atoms with Crippen LogP contribution in [-0.4, -0.2) is 43.1 Å². The van der Waals surface area contributed by atoms with E-state index in [0.717, 1.165) is 19.0 Å². The molecule has 3 N–H and O–H groups in total. The lowest BCUT2D eigenvalue weighted by atomic mass is 9.84. The predicted molar refractivity (Wildman–Crippen MR) is 95.0 cm³/mol. The number of piperidine rings is 1. The molecule has 4 heteroatoms. The van der Waals surface area contributed by atoms with Gasteiger partial charge >= 0.3 is 0 Å². The third-order valence-electron chi connectivity index (χ3n) is 6.43. The first-order valence-electron chi connectivity index (χ1n) is 9.06. The number of fused-ring (bicyclic) bond motifs is 3. The largest absolute Gasteiger partial charge is 0.358 e. The fourth-order valence-electron chi connectivity index (χ4n) is 5.22. The highest BCUT2D eigenvalue weighted by molar-refractivity contribution is 5.93. The van der Waals surface area contributed by atoms with Gasteiger partial charge in [-0.3, -0.25) is 4.90 Å². The van der Waals surface area contributed by atoms with Gasteiger partial charge in [-0.25, -0.2) is 0 Å². The zero-order chi connectivity index (χ0) is 15.6. The van der Waals surface area contributed by atoms with E-state index in [9.17, 15) is 0 Å². The van der Waals surface area contributed by atoms with Crippen LogP contribution in [-0.2, 0) is 0 Å². The van der Waals surface area contributed by atoms with Gasteiger partial charge in [-0.2, -0.15) is 0 Å². The number of rotatable bonds is 2. The Morgan fingerprint density at radius 1 is 1.26 bits per heavy atom. The number of nitrogens with two attached hydrogens (primary N) is 1. The maximum absolute atomic E-state index is 5.93. The molecule has 0 spiro atoms. The minimum atomic E-state index is 0.500. The van der Waals surface area contributed by atoms with Crippen LogP contribution in [0.3, 0.4) is 0 Å². The quantitative estimate of drug-likeness (QED) is 0.897. The van der Waals surface area contributed by atoms with Crippen LogP contribution in [0.2, 0.25) is 0 Å². The summed E-state index contributed by atoms with van der Waals surface area (Å²) in [6.07, 6.45) is 3.83. The molecule has 2 saturated heterocycles. The zero-order valence-corrected chi connectivity index (χ0v) is 13.9. The van der Waals surface area contributed by atoms with Crippen molar-refractivity contribution < 1.29 is 0 Å². The molecule has 4 aliphatic rings. The number of para-hydroxylation sites is 1. The van der Waals surface area contributed by atoms with Gasteiger partial charge in [0.1, 0.15) is 5.82 Å². The molecule has 2 unspecified atom stereocenters. The lowest BCUT2D eigenvalue weighted by Gasteiger charge is -2.40. The van der Waals surface area contributed by atoms with E-state index in [4.69, 9.17) is 5.73 Å². The molecule has 0 amide bonds. The number of anilines is 1. The number of aromatic nitrogens is 1. The summed E-state index contributed by atoms with van der Waals surface area (Å²) in [4.78, 5) is 8.86. The summed E-state index contributed by atoms with van der Waals surface area (Å²) in [5.74, 6) is 2.80. The highest BCUT2D eigenvalue weighted by atomic mass is 15.2. The molecule has 0 aliphatic carbocycles. The third kappa shape index (κ3) is 1.91. The van der Waals surface area contributed by atoms with Gasteiger partial charge in [0.2, 0.25) is 0 Å². The van der Waals surface area contributed by atoms with Crippen molar-refractivity contribution in [3.63, 3.8) is 0 Å². The summed E-state index contributed by atoms with van der Waals surface area (Å²) in [6.45, 7) is 4.36. The van der Waals surface area contributed by atoms with Crippen LogP contribution in [0.4, 0.5) is 5.82 Å². The molecule has 23 heavy (non-hydrogen) atoms. The summed E-state index contributed by atoms with van der Waals surface area (Å²) in [6, 6.07) is 7.40. The van der Waals surface area contributed by atoms with Gasteiger partial charge in [-0.15, -0.1) is 0 Å². The number of hydrogen-bond donors (Lipinski definition) is 2. The maximum Gasteiger partial charge on any atom is 0.110 e. The number of nitrogens with zero attached hydrogens (tertiary/aromatic N) is 2. The van der Waals surface area contributed by atoms with Crippen molar-refractivity contribution in [1.29, 1.82) is 0 Å². The van der Waals surface area contributed by atoms with Gasteiger partial charge in [-0.05, 0) is 50.3 Å². The standard InChI is InChI=1S/C19H26N4/c1-22-11-12(10-20)9-16(22)14-3-2-4-15-17-13-5-7-23(8-6-13)19(17)21-18(14)15/h2-4,12-13,16,21H,5-11,20H2,1H3. The van der Waals surface area contributed by atoms with Crippen molar-refractivity contribution in [2.75, 3.05) is 38.1 Å². The Balaban J connectivity index is 1.65. The molecular formula is C19H26N4. The number of likely N-dealkylation sites (tertiary alicyclic amines) is 1. The molecule has 2 aromatic rings. The maximum atomic E-state index is 5.93. The first-order valence-corrected chi connectivity index (χ1v) is 9.06. The van der Waals surface area contributed by atoms with Gasteiger partial charge in [0.15, 0.2) is 0 Å². The van der Waals surface area contributed by atoms with Gasteiger partial charge in [0, 0.05) is 36.6 Å². The van der Waals surface area contributed by atoms with E-state index >= 15 is 0 Å². The van der Waals surface area contributed by atoms with Crippen LogP contribution < -0.4 is 10.6 Å². The second-order valence-corrected chi connectivity index (χ2v) is 7.71. The molecule has 4 aliphatic heterocycles. The van der Waals surface area contributed by atoms with Gasteiger partial charge in [-0.1, -0.05) is 18.2 Å². The lowest BCUT2D eigenvalue weighted by Crippen LogP contribution is -2.38. The Morgan fingerprint density at radius 3 is 2.83 bits per heavy atom. The van der Waals surface area contributed by atoms with Crippen LogP contribution >= 0.6 is 0 Å². The second kappa shape index (κ2) is 4.99. The SMILES string of the molecule is CN1CC(CN)CC1c1cccc2c3c([nH]c12)N1CCC3CC1. The Hall–Kier alpha value is -1.52. The van der Waals surface area contributed by atoms with Crippen molar-refractivity contribution in [3.05, 3.63) is 29.3 Å². The van der Waals surface area contributed by atoms with Crippen molar-refractivity contribution >= 4 is 16.7 Å². The van der Waals surface area contributed by atoms with E-state index in [2.05, 4.69) is 40.0 Å². The normalized spacial score (nSPS) is 28.0. The molecule has 6 rings (SSSR count). The molecular weight excluding hydrogens is 284 g/mol. The van der Waals surface area contributed by atoms with Gasteiger partial charge in [0.05, 0.1) is 5.52 Å². The number of H-pyrrole nitrogens is 1. The summed E-state index contributed by atoms with van der Waals surface area (Å²) < 4.78 is 0. The first-order chi connectivity index (χ1) is 11.3. The summed E-state index contributed by atoms with van der Waals surface area (Å²) >= 11 is 0. The minimum absolute atomic E-state index is 0.500. The van der Waals surface area contributed by atoms with Crippen molar-refractivity contribution in [1.82, 2.24) is 9.88 Å². The van der Waals surface area contributed by atoms with Crippen LogP contribution in [0.25, 0.3) is 10.9 Å². The molecule has 2 atom stereocenters. The molecule has 5 heterocycles. The van der Waals surface area contributed by atoms with Crippen LogP contribution in [0.15, 0.2) is 18.2 Å². The van der Waals surface area contributed by atoms with E-state index in [1.165, 1.54) is 54.6 Å². The molecule has 122 valence electrons. The summed E-state index contributed by atoms with van der Waals surface area (Å²) in [5.41, 5.74) is 10.4. The van der Waals surface area contributed by atoms with Crippen molar-refractivity contribution in [2.45, 2.75) is 31.2 Å². The van der Waals surface area contributed by atoms with Gasteiger partial charge < -0.3 is 15.6 Å². The molecule has 2 bridgehead atoms. The fraction of sp³-hybridized carbons (Fsp3) is 0.579. The molecule has 2 fully saturated rings. The lowest BCUT2D eigenvalue weighted by molar-refractivity contribution is 0.315. The second-order valence-electron chi connectivity index (χ2n) is 7.71. The Labute approximate surface area is 137 Å². The van der Waals surface area contributed by atoms with E-state index in [0.29, 0.717) is 12.0 Å². The molecule has 0 saturated carbocycles.